The van der Waals surface area contributed by atoms with Crippen molar-refractivity contribution in [1.29, 1.82) is 0 Å². The summed E-state index contributed by atoms with van der Waals surface area (Å²) in [5.74, 6) is -7.35. The minimum atomic E-state index is -2.03. The molecule has 20 heteroatoms. The van der Waals surface area contributed by atoms with Gasteiger partial charge in [-0.2, -0.15) is 0 Å². The molecule has 2 aromatic rings. The van der Waals surface area contributed by atoms with Crippen LogP contribution in [0.15, 0.2) is 58.7 Å². The molecule has 1 spiro atoms. The van der Waals surface area contributed by atoms with Gasteiger partial charge in [0.05, 0.1) is 47.1 Å². The molecule has 1 aromatic carbocycles. The minimum absolute atomic E-state index is 0.0173. The highest BCUT2D eigenvalue weighted by molar-refractivity contribution is 6.34. The standard InChI is InChI=1S/C48H61N7O13/c1-23-12-11-13-24(2)46(62)50-38-37-36(51-48(52-37)15-17-53(18-16-48)19-20-54-29(7)49-22-32(54)55(63)64)33-34(42(38)60)41(59)28(6)44-35(33)45(61)47(9,68-44)66-21-14-31(65-10)25(3)43(67-30(8)56)27(5)40(58)26(4)39(23)57/h11-14,21-23,25-27,31,39-40,43,52,57-59H,15-20H2,1-10H3,(H,50,62)/b12-11+,21-14+,24-13-/t23-,25+,26+,27+,31-,39-,40+,43+,47-/m0/s1. The molecule has 68 heavy (non-hydrogen) atoms. The number of rotatable bonds is 6. The van der Waals surface area contributed by atoms with E-state index in [1.54, 1.807) is 58.3 Å². The van der Waals surface area contributed by atoms with Gasteiger partial charge in [0.1, 0.15) is 41.7 Å². The first-order valence-corrected chi connectivity index (χ1v) is 22.8. The summed E-state index contributed by atoms with van der Waals surface area (Å²) in [4.78, 5) is 78.7. The lowest BCUT2D eigenvalue weighted by Gasteiger charge is -2.38. The van der Waals surface area contributed by atoms with Crippen molar-refractivity contribution in [1.82, 2.24) is 25.1 Å². The van der Waals surface area contributed by atoms with Crippen LogP contribution in [0.1, 0.15) is 99.0 Å². The second kappa shape index (κ2) is 19.0. The smallest absolute Gasteiger partial charge is 0.342 e. The predicted octanol–water partition coefficient (Wildman–Crippen LogP) is 4.07. The fraction of sp³-hybridized carbons (Fsp3) is 0.542. The summed E-state index contributed by atoms with van der Waals surface area (Å²) in [5, 5.41) is 52.7. The molecule has 1 aliphatic carbocycles. The number of ketones is 2. The molecule has 1 aromatic heterocycles. The number of esters is 1. The van der Waals surface area contributed by atoms with Gasteiger partial charge in [0.15, 0.2) is 5.82 Å². The number of phenolic OH excluding ortho intramolecular Hbond substituents is 1. The van der Waals surface area contributed by atoms with Gasteiger partial charge in [0.2, 0.25) is 5.78 Å². The first kappa shape index (κ1) is 49.7. The third-order valence-electron chi connectivity index (χ3n) is 14.2. The van der Waals surface area contributed by atoms with Crippen molar-refractivity contribution in [3.8, 4) is 11.5 Å². The summed E-state index contributed by atoms with van der Waals surface area (Å²) in [5.41, 5.74) is -0.935. The lowest BCUT2D eigenvalue weighted by atomic mass is 9.78. The number of amides is 1. The number of hydrogen-bond acceptors (Lipinski definition) is 17. The number of methoxy groups -OCH3 is 1. The van der Waals surface area contributed by atoms with Crippen LogP contribution in [0.2, 0.25) is 0 Å². The van der Waals surface area contributed by atoms with Crippen molar-refractivity contribution in [2.24, 2.45) is 28.7 Å². The van der Waals surface area contributed by atoms with Crippen LogP contribution >= 0.6 is 0 Å². The van der Waals surface area contributed by atoms with Gasteiger partial charge in [-0.1, -0.05) is 45.9 Å². The molecule has 0 saturated carbocycles. The minimum Gasteiger partial charge on any atom is -0.507 e. The third-order valence-corrected chi connectivity index (χ3v) is 14.2. The number of likely N-dealkylation sites (tertiary alicyclic amines) is 1. The van der Waals surface area contributed by atoms with Crippen LogP contribution in [0.4, 0.5) is 5.82 Å². The Balaban J connectivity index is 1.30. The number of allylic oxidation sites excluding steroid dienone is 4. The summed E-state index contributed by atoms with van der Waals surface area (Å²) in [6.45, 7) is 16.1. The van der Waals surface area contributed by atoms with Gasteiger partial charge in [-0.3, -0.25) is 29.1 Å². The van der Waals surface area contributed by atoms with Crippen molar-refractivity contribution >= 4 is 35.0 Å². The lowest BCUT2D eigenvalue weighted by Crippen LogP contribution is -2.50. The Morgan fingerprint density at radius 1 is 0.985 bits per heavy atom. The Morgan fingerprint density at radius 3 is 2.32 bits per heavy atom. The molecule has 5 aliphatic rings. The number of aryl methyl sites for hydroxylation is 1. The normalized spacial score (nSPS) is 31.4. The van der Waals surface area contributed by atoms with Crippen LogP contribution in [0, 0.1) is 47.6 Å². The number of aromatic hydroxyl groups is 1. The average molecular weight is 944 g/mol. The van der Waals surface area contributed by atoms with Crippen molar-refractivity contribution < 1.29 is 58.4 Å². The maximum absolute atomic E-state index is 14.8. The van der Waals surface area contributed by atoms with Crippen LogP contribution in [0.5, 0.6) is 11.5 Å². The first-order chi connectivity index (χ1) is 32.0. The number of aliphatic imine (C=N–C) groups is 1. The van der Waals surface area contributed by atoms with Gasteiger partial charge in [0.25, 0.3) is 11.7 Å². The predicted molar refractivity (Wildman–Crippen MR) is 246 cm³/mol. The van der Waals surface area contributed by atoms with Crippen LogP contribution in [-0.2, 0) is 30.3 Å². The number of nitrogens with one attached hydrogen (secondary N) is 2. The average Bonchev–Trinajstić information content (AvgIpc) is 3.95. The van der Waals surface area contributed by atoms with E-state index in [-0.39, 0.29) is 56.5 Å². The Kier molecular flexibility index (Phi) is 13.9. The second-order valence-corrected chi connectivity index (χ2v) is 18.7. The Morgan fingerprint density at radius 2 is 1.68 bits per heavy atom. The van der Waals surface area contributed by atoms with Gasteiger partial charge in [-0.25, -0.2) is 9.55 Å². The molecule has 0 radical (unpaired) electrons. The van der Waals surface area contributed by atoms with Gasteiger partial charge in [0, 0.05) is 101 Å². The maximum Gasteiger partial charge on any atom is 0.342 e. The summed E-state index contributed by atoms with van der Waals surface area (Å²) >= 11 is 0. The number of imidazole rings is 1. The van der Waals surface area contributed by atoms with Crippen molar-refractivity contribution in [3.05, 3.63) is 91.9 Å². The van der Waals surface area contributed by atoms with E-state index >= 15 is 0 Å². The Labute approximate surface area is 393 Å². The van der Waals surface area contributed by atoms with E-state index in [1.165, 1.54) is 52.5 Å². The molecule has 1 amide bonds. The number of benzene rings is 1. The van der Waals surface area contributed by atoms with Gasteiger partial charge < -0.3 is 55.0 Å². The summed E-state index contributed by atoms with van der Waals surface area (Å²) < 4.78 is 25.5. The number of piperidine rings is 1. The maximum atomic E-state index is 14.8. The van der Waals surface area contributed by atoms with Crippen molar-refractivity contribution in [2.75, 3.05) is 26.7 Å². The number of aromatic nitrogens is 2. The van der Waals surface area contributed by atoms with Crippen LogP contribution < -0.4 is 15.4 Å². The number of Topliss-reactive ketones (excluding diaryl/α,β-unsaturated/α-hetero) is 2. The number of carbonyl (C=O) groups is 4. The molecule has 20 nitrogen and oxygen atoms in total. The molecule has 5 bridgehead atoms. The molecule has 7 rings (SSSR count). The fourth-order valence-corrected chi connectivity index (χ4v) is 9.92. The van der Waals surface area contributed by atoms with Crippen LogP contribution in [-0.4, -0.2) is 126 Å². The molecule has 1 fully saturated rings. The van der Waals surface area contributed by atoms with Crippen molar-refractivity contribution in [2.45, 2.75) is 118 Å². The largest absolute Gasteiger partial charge is 0.507 e. The lowest BCUT2D eigenvalue weighted by molar-refractivity contribution is -0.392. The van der Waals surface area contributed by atoms with Gasteiger partial charge in [-0.15, -0.1) is 0 Å². The van der Waals surface area contributed by atoms with E-state index < -0.39 is 93.7 Å². The van der Waals surface area contributed by atoms with Crippen molar-refractivity contribution in [3.63, 3.8) is 0 Å². The van der Waals surface area contributed by atoms with Gasteiger partial charge in [-0.05, 0) is 24.8 Å². The highest BCUT2D eigenvalue weighted by Crippen LogP contribution is 2.50. The van der Waals surface area contributed by atoms with E-state index in [9.17, 15) is 44.6 Å². The van der Waals surface area contributed by atoms with Crippen LogP contribution in [0.25, 0.3) is 0 Å². The Bertz CT molecular complexity index is 2570. The summed E-state index contributed by atoms with van der Waals surface area (Å²) in [6, 6.07) is 0. The number of aliphatic hydroxyl groups is 2. The fourth-order valence-electron chi connectivity index (χ4n) is 9.92. The van der Waals surface area contributed by atoms with E-state index in [0.717, 1.165) is 0 Å². The molecule has 0 unspecified atom stereocenters. The zero-order chi connectivity index (χ0) is 49.7. The molecule has 9 atom stereocenters. The monoisotopic (exact) mass is 943 g/mol. The molecular formula is C48H61N7O13. The molecule has 366 valence electrons. The highest BCUT2D eigenvalue weighted by atomic mass is 16.7. The number of carbonyl (C=O) groups excluding carboxylic acids is 4. The molecule has 5 heterocycles. The van der Waals surface area contributed by atoms with Gasteiger partial charge >= 0.3 is 17.6 Å². The molecular weight excluding hydrogens is 883 g/mol. The number of aliphatic hydroxyl groups excluding tert-OH is 2. The molecule has 4 aliphatic heterocycles. The van der Waals surface area contributed by atoms with E-state index in [1.807, 2.05) is 0 Å². The summed E-state index contributed by atoms with van der Waals surface area (Å²) in [6.07, 6.45) is 5.63. The SMILES string of the molecule is CO[C@H]1/C=C/O[C@@]2(C)Oc3c(C)c(O)c4c(c3C2=O)C2=NC3(CCN(CCn5c([N+](=O)[O-])cnc5C)CC3)NC2=C(NC(=O)/C(C)=C\C=C\[C@H](C)[C@H](O)[C@@H](C)[C@@H](O)[C@@H](C)[C@H](OC(C)=O)[C@@H]1C)C4=O. The number of ether oxygens (including phenoxy) is 4. The third kappa shape index (κ3) is 8.97. The second-order valence-electron chi connectivity index (χ2n) is 18.7. The highest BCUT2D eigenvalue weighted by Gasteiger charge is 2.54. The van der Waals surface area contributed by atoms with E-state index in [4.69, 9.17) is 23.9 Å². The number of fused-ring (bicyclic) bond motifs is 3. The number of nitrogens with zero attached hydrogens (tertiary/aromatic N) is 5. The summed E-state index contributed by atoms with van der Waals surface area (Å²) in [7, 11) is 1.44. The zero-order valence-electron chi connectivity index (χ0n) is 40.0. The van der Waals surface area contributed by atoms with E-state index in [0.29, 0.717) is 44.8 Å². The molecule has 5 N–H and O–H groups in total. The topological polar surface area (TPSA) is 267 Å². The number of nitro groups is 1. The Hall–Kier alpha value is -6.22. The molecule has 1 saturated heterocycles. The first-order valence-electron chi connectivity index (χ1n) is 22.8. The number of hydrogen-bond donors (Lipinski definition) is 5. The number of phenols is 1. The van der Waals surface area contributed by atoms with E-state index in [2.05, 4.69) is 20.5 Å². The van der Waals surface area contributed by atoms with Crippen LogP contribution in [0.3, 0.4) is 0 Å². The zero-order valence-corrected chi connectivity index (χ0v) is 40.0. The quantitative estimate of drug-likeness (QED) is 0.155.